The highest BCUT2D eigenvalue weighted by Crippen LogP contribution is 2.34. The summed E-state index contributed by atoms with van der Waals surface area (Å²) in [4.78, 5) is 12.6. The molecule has 0 aliphatic carbocycles. The topological polar surface area (TPSA) is 55.1 Å². The molecule has 0 bridgehead atoms. The molecule has 140 valence electrons. The van der Waals surface area contributed by atoms with Crippen molar-refractivity contribution in [2.75, 3.05) is 5.32 Å². The van der Waals surface area contributed by atoms with Gasteiger partial charge in [-0.15, -0.1) is 0 Å². The van der Waals surface area contributed by atoms with E-state index in [0.29, 0.717) is 5.56 Å². The number of hydrogen-bond donors (Lipinski definition) is 1. The zero-order chi connectivity index (χ0) is 19.8. The molecule has 8 heteroatoms. The quantitative estimate of drug-likeness (QED) is 0.624. The SMILES string of the molecule is Cc1ccc(NC(=O)c2c(-c3ccc(F)cc3)noc2C)cc1C(F)(F)F. The van der Waals surface area contributed by atoms with Crippen molar-refractivity contribution in [3.8, 4) is 11.3 Å². The lowest BCUT2D eigenvalue weighted by Gasteiger charge is -2.13. The predicted octanol–water partition coefficient (Wildman–Crippen LogP) is 5.37. The number of anilines is 1. The molecule has 4 nitrogen and oxygen atoms in total. The molecule has 3 aromatic rings. The number of nitrogens with zero attached hydrogens (tertiary/aromatic N) is 1. The largest absolute Gasteiger partial charge is 0.416 e. The third-order valence-electron chi connectivity index (χ3n) is 4.01. The molecule has 0 saturated heterocycles. The average Bonchev–Trinajstić information content (AvgIpc) is 2.98. The Labute approximate surface area is 151 Å². The lowest BCUT2D eigenvalue weighted by Crippen LogP contribution is -2.15. The van der Waals surface area contributed by atoms with Gasteiger partial charge < -0.3 is 9.84 Å². The summed E-state index contributed by atoms with van der Waals surface area (Å²) < 4.78 is 57.3. The first-order valence-corrected chi connectivity index (χ1v) is 7.88. The number of carbonyl (C=O) groups is 1. The first kappa shape index (κ1) is 18.6. The smallest absolute Gasteiger partial charge is 0.360 e. The third-order valence-corrected chi connectivity index (χ3v) is 4.01. The summed E-state index contributed by atoms with van der Waals surface area (Å²) in [6.45, 7) is 2.84. The van der Waals surface area contributed by atoms with Crippen LogP contribution in [-0.2, 0) is 6.18 Å². The normalized spacial score (nSPS) is 11.5. The van der Waals surface area contributed by atoms with E-state index < -0.39 is 23.5 Å². The second kappa shape index (κ2) is 6.86. The van der Waals surface area contributed by atoms with E-state index in [2.05, 4.69) is 10.5 Å². The summed E-state index contributed by atoms with van der Waals surface area (Å²) in [7, 11) is 0. The molecule has 0 radical (unpaired) electrons. The van der Waals surface area contributed by atoms with E-state index in [1.54, 1.807) is 0 Å². The standard InChI is InChI=1S/C19H14F4N2O2/c1-10-3-8-14(9-15(10)19(21,22)23)24-18(26)16-11(2)27-25-17(16)12-4-6-13(20)7-5-12/h3-9H,1-2H3,(H,24,26). The summed E-state index contributed by atoms with van der Waals surface area (Å²) in [6.07, 6.45) is -4.53. The van der Waals surface area contributed by atoms with Crippen LogP contribution in [0.5, 0.6) is 0 Å². The summed E-state index contributed by atoms with van der Waals surface area (Å²) in [5, 5.41) is 6.24. The third kappa shape index (κ3) is 3.84. The van der Waals surface area contributed by atoms with Gasteiger partial charge in [0.15, 0.2) is 0 Å². The van der Waals surface area contributed by atoms with E-state index in [9.17, 15) is 22.4 Å². The Morgan fingerprint density at radius 2 is 1.74 bits per heavy atom. The fourth-order valence-electron chi connectivity index (χ4n) is 2.64. The van der Waals surface area contributed by atoms with E-state index in [-0.39, 0.29) is 28.3 Å². The molecule has 1 amide bonds. The monoisotopic (exact) mass is 378 g/mol. The van der Waals surface area contributed by atoms with E-state index in [1.807, 2.05) is 0 Å². The average molecular weight is 378 g/mol. The minimum absolute atomic E-state index is 0.0106. The fourth-order valence-corrected chi connectivity index (χ4v) is 2.64. The zero-order valence-electron chi connectivity index (χ0n) is 14.3. The Morgan fingerprint density at radius 1 is 1.07 bits per heavy atom. The fraction of sp³-hybridized carbons (Fsp3) is 0.158. The number of alkyl halides is 3. The van der Waals surface area contributed by atoms with Crippen molar-refractivity contribution in [2.45, 2.75) is 20.0 Å². The molecule has 0 aliphatic rings. The highest BCUT2D eigenvalue weighted by atomic mass is 19.4. The zero-order valence-corrected chi connectivity index (χ0v) is 14.3. The van der Waals surface area contributed by atoms with Crippen LogP contribution in [0.4, 0.5) is 23.2 Å². The number of benzene rings is 2. The van der Waals surface area contributed by atoms with Crippen LogP contribution >= 0.6 is 0 Å². The molecule has 0 fully saturated rings. The van der Waals surface area contributed by atoms with Gasteiger partial charge in [-0.1, -0.05) is 11.2 Å². The van der Waals surface area contributed by atoms with Gasteiger partial charge in [-0.25, -0.2) is 4.39 Å². The molecule has 27 heavy (non-hydrogen) atoms. The molecule has 2 aromatic carbocycles. The molecule has 0 atom stereocenters. The number of halogens is 4. The van der Waals surface area contributed by atoms with Gasteiger partial charge in [0.05, 0.1) is 5.56 Å². The second-order valence-corrected chi connectivity index (χ2v) is 5.95. The van der Waals surface area contributed by atoms with E-state index in [4.69, 9.17) is 4.52 Å². The minimum atomic E-state index is -4.53. The van der Waals surface area contributed by atoms with Crippen molar-refractivity contribution in [1.82, 2.24) is 5.16 Å². The van der Waals surface area contributed by atoms with Gasteiger partial charge in [0.1, 0.15) is 22.8 Å². The number of nitrogens with one attached hydrogen (secondary N) is 1. The summed E-state index contributed by atoms with van der Waals surface area (Å²) in [5.41, 5.74) is -0.111. The highest BCUT2D eigenvalue weighted by Gasteiger charge is 2.32. The maximum Gasteiger partial charge on any atom is 0.416 e. The second-order valence-electron chi connectivity index (χ2n) is 5.95. The number of amides is 1. The van der Waals surface area contributed by atoms with Crippen molar-refractivity contribution in [3.63, 3.8) is 0 Å². The molecular formula is C19H14F4N2O2. The maximum atomic E-state index is 13.1. The lowest BCUT2D eigenvalue weighted by atomic mass is 10.0. The van der Waals surface area contributed by atoms with Crippen LogP contribution in [0.25, 0.3) is 11.3 Å². The van der Waals surface area contributed by atoms with Crippen LogP contribution in [0.1, 0.15) is 27.2 Å². The van der Waals surface area contributed by atoms with Gasteiger partial charge in [0.2, 0.25) is 0 Å². The molecule has 1 aromatic heterocycles. The van der Waals surface area contributed by atoms with Gasteiger partial charge in [0, 0.05) is 11.3 Å². The number of aryl methyl sites for hydroxylation is 2. The van der Waals surface area contributed by atoms with Crippen LogP contribution in [0.2, 0.25) is 0 Å². The van der Waals surface area contributed by atoms with Gasteiger partial charge in [-0.2, -0.15) is 13.2 Å². The molecule has 0 aliphatic heterocycles. The highest BCUT2D eigenvalue weighted by molar-refractivity contribution is 6.08. The molecule has 1 N–H and O–H groups in total. The predicted molar refractivity (Wildman–Crippen MR) is 90.8 cm³/mol. The van der Waals surface area contributed by atoms with E-state index >= 15 is 0 Å². The molecule has 3 rings (SSSR count). The lowest BCUT2D eigenvalue weighted by molar-refractivity contribution is -0.138. The Bertz CT molecular complexity index is 992. The molecular weight excluding hydrogens is 364 g/mol. The number of hydrogen-bond acceptors (Lipinski definition) is 3. The Balaban J connectivity index is 1.94. The van der Waals surface area contributed by atoms with Crippen molar-refractivity contribution in [1.29, 1.82) is 0 Å². The molecule has 0 unspecified atom stereocenters. The first-order chi connectivity index (χ1) is 12.7. The van der Waals surface area contributed by atoms with E-state index in [1.165, 1.54) is 50.2 Å². The van der Waals surface area contributed by atoms with Crippen molar-refractivity contribution in [2.24, 2.45) is 0 Å². The Kier molecular flexibility index (Phi) is 4.73. The first-order valence-electron chi connectivity index (χ1n) is 7.88. The number of rotatable bonds is 3. The van der Waals surface area contributed by atoms with Crippen molar-refractivity contribution in [3.05, 3.63) is 70.7 Å². The molecule has 0 saturated carbocycles. The summed E-state index contributed by atoms with van der Waals surface area (Å²) in [5.74, 6) is -0.940. The van der Waals surface area contributed by atoms with Crippen molar-refractivity contribution < 1.29 is 26.9 Å². The summed E-state index contributed by atoms with van der Waals surface area (Å²) >= 11 is 0. The van der Waals surface area contributed by atoms with E-state index in [0.717, 1.165) is 6.07 Å². The van der Waals surface area contributed by atoms with Crippen LogP contribution in [0.3, 0.4) is 0 Å². The van der Waals surface area contributed by atoms with Gasteiger partial charge in [0.25, 0.3) is 5.91 Å². The minimum Gasteiger partial charge on any atom is -0.360 e. The van der Waals surface area contributed by atoms with Gasteiger partial charge in [-0.3, -0.25) is 4.79 Å². The molecule has 0 spiro atoms. The summed E-state index contributed by atoms with van der Waals surface area (Å²) in [6, 6.07) is 8.79. The number of aromatic nitrogens is 1. The van der Waals surface area contributed by atoms with Crippen molar-refractivity contribution >= 4 is 11.6 Å². The van der Waals surface area contributed by atoms with Crippen LogP contribution in [0, 0.1) is 19.7 Å². The van der Waals surface area contributed by atoms with Crippen LogP contribution < -0.4 is 5.32 Å². The van der Waals surface area contributed by atoms with Gasteiger partial charge in [-0.05, 0) is 55.8 Å². The number of carbonyl (C=O) groups excluding carboxylic acids is 1. The van der Waals surface area contributed by atoms with Gasteiger partial charge >= 0.3 is 6.18 Å². The van der Waals surface area contributed by atoms with Crippen LogP contribution in [-0.4, -0.2) is 11.1 Å². The van der Waals surface area contributed by atoms with Crippen LogP contribution in [0.15, 0.2) is 47.0 Å². The molecule has 1 heterocycles. The Hall–Kier alpha value is -3.16. The maximum absolute atomic E-state index is 13.1. The Morgan fingerprint density at radius 3 is 2.37 bits per heavy atom.